The number of fused-ring (bicyclic) bond motifs is 1. The molecule has 2 amide bonds. The molecule has 0 aliphatic heterocycles. The molecule has 6 nitrogen and oxygen atoms in total. The number of aryl methyl sites for hydroxylation is 2. The minimum absolute atomic E-state index is 0.0475. The predicted octanol–water partition coefficient (Wildman–Crippen LogP) is 5.22. The summed E-state index contributed by atoms with van der Waals surface area (Å²) >= 11 is 1.46. The van der Waals surface area contributed by atoms with Crippen LogP contribution in [0.4, 0.5) is 16.5 Å². The lowest BCUT2D eigenvalue weighted by molar-refractivity contribution is -0.117. The Balaban J connectivity index is 1.45. The first-order chi connectivity index (χ1) is 15.5. The number of benzene rings is 2. The highest BCUT2D eigenvalue weighted by molar-refractivity contribution is 7.16. The second-order valence-corrected chi connectivity index (χ2v) is 8.98. The van der Waals surface area contributed by atoms with E-state index in [0.29, 0.717) is 10.7 Å². The third-order valence-corrected chi connectivity index (χ3v) is 6.93. The Morgan fingerprint density at radius 3 is 2.53 bits per heavy atom. The van der Waals surface area contributed by atoms with Crippen LogP contribution in [0.5, 0.6) is 0 Å². The van der Waals surface area contributed by atoms with E-state index in [1.54, 1.807) is 12.1 Å². The molecule has 1 atom stereocenters. The number of aromatic nitrogens is 1. The standard InChI is InChI=1S/C25H28N4O2S/c1-4-29(5-2)18-11-13-20(16(3)15-18)26-24(31)19-12-14-21-22(19)27-25(32-21)28-23(30)17-9-7-6-8-10-17/h6-11,13,15,19H,4-5,12,14H2,1-3H3,(H,26,31)(H,27,28,30). The van der Waals surface area contributed by atoms with Crippen LogP contribution in [0.2, 0.25) is 0 Å². The SMILES string of the molecule is CCN(CC)c1ccc(NC(=O)C2CCc3sc(NC(=O)c4ccccc4)nc32)c(C)c1. The second kappa shape index (κ2) is 9.53. The Hall–Kier alpha value is -3.19. The maximum Gasteiger partial charge on any atom is 0.257 e. The normalized spacial score (nSPS) is 14.7. The van der Waals surface area contributed by atoms with E-state index >= 15 is 0 Å². The lowest BCUT2D eigenvalue weighted by Gasteiger charge is -2.22. The highest BCUT2D eigenvalue weighted by atomic mass is 32.1. The average molecular weight is 449 g/mol. The fourth-order valence-electron chi connectivity index (χ4n) is 4.09. The van der Waals surface area contributed by atoms with Crippen molar-refractivity contribution in [1.82, 2.24) is 4.98 Å². The van der Waals surface area contributed by atoms with Gasteiger partial charge in [0.15, 0.2) is 5.13 Å². The number of nitrogens with one attached hydrogen (secondary N) is 2. The first-order valence-corrected chi connectivity index (χ1v) is 11.8. The molecule has 1 aliphatic rings. The molecule has 0 fully saturated rings. The number of thiazole rings is 1. The van der Waals surface area contributed by atoms with Gasteiger partial charge in [0.25, 0.3) is 5.91 Å². The number of amides is 2. The molecular formula is C25H28N4O2S. The van der Waals surface area contributed by atoms with E-state index < -0.39 is 0 Å². The summed E-state index contributed by atoms with van der Waals surface area (Å²) in [6.45, 7) is 8.18. The molecule has 4 rings (SSSR count). The molecule has 0 bridgehead atoms. The largest absolute Gasteiger partial charge is 0.372 e. The Bertz CT molecular complexity index is 1120. The van der Waals surface area contributed by atoms with Crippen molar-refractivity contribution in [2.75, 3.05) is 28.6 Å². The molecule has 1 aliphatic carbocycles. The van der Waals surface area contributed by atoms with Gasteiger partial charge in [-0.3, -0.25) is 14.9 Å². The average Bonchev–Trinajstić information content (AvgIpc) is 3.37. The molecule has 7 heteroatoms. The van der Waals surface area contributed by atoms with Crippen LogP contribution in [0, 0.1) is 6.92 Å². The van der Waals surface area contributed by atoms with E-state index in [4.69, 9.17) is 0 Å². The zero-order chi connectivity index (χ0) is 22.7. The quantitative estimate of drug-likeness (QED) is 0.520. The summed E-state index contributed by atoms with van der Waals surface area (Å²) in [4.78, 5) is 33.4. The predicted molar refractivity (Wildman–Crippen MR) is 131 cm³/mol. The van der Waals surface area contributed by atoms with Crippen molar-refractivity contribution in [1.29, 1.82) is 0 Å². The molecule has 32 heavy (non-hydrogen) atoms. The van der Waals surface area contributed by atoms with Crippen LogP contribution < -0.4 is 15.5 Å². The lowest BCUT2D eigenvalue weighted by atomic mass is 10.1. The van der Waals surface area contributed by atoms with Gasteiger partial charge in [-0.15, -0.1) is 11.3 Å². The minimum Gasteiger partial charge on any atom is -0.372 e. The molecule has 0 spiro atoms. The van der Waals surface area contributed by atoms with Crippen molar-refractivity contribution in [3.63, 3.8) is 0 Å². The van der Waals surface area contributed by atoms with E-state index in [1.807, 2.05) is 31.2 Å². The van der Waals surface area contributed by atoms with Crippen molar-refractivity contribution in [3.05, 3.63) is 70.2 Å². The summed E-state index contributed by atoms with van der Waals surface area (Å²) < 4.78 is 0. The van der Waals surface area contributed by atoms with Gasteiger partial charge in [0.2, 0.25) is 5.91 Å². The molecule has 0 radical (unpaired) electrons. The Morgan fingerprint density at radius 1 is 1.09 bits per heavy atom. The maximum absolute atomic E-state index is 13.1. The summed E-state index contributed by atoms with van der Waals surface area (Å²) in [5.41, 5.74) is 4.39. The highest BCUT2D eigenvalue weighted by Gasteiger charge is 2.33. The first-order valence-electron chi connectivity index (χ1n) is 11.0. The maximum atomic E-state index is 13.1. The first kappa shape index (κ1) is 22.0. The molecule has 1 heterocycles. The van der Waals surface area contributed by atoms with Crippen molar-refractivity contribution < 1.29 is 9.59 Å². The molecule has 166 valence electrons. The minimum atomic E-state index is -0.300. The van der Waals surface area contributed by atoms with Crippen LogP contribution in [0.25, 0.3) is 0 Å². The lowest BCUT2D eigenvalue weighted by Crippen LogP contribution is -2.23. The van der Waals surface area contributed by atoms with E-state index in [9.17, 15) is 9.59 Å². The monoisotopic (exact) mass is 448 g/mol. The number of rotatable bonds is 7. The van der Waals surface area contributed by atoms with Crippen molar-refractivity contribution in [3.8, 4) is 0 Å². The third-order valence-electron chi connectivity index (χ3n) is 5.89. The van der Waals surface area contributed by atoms with Gasteiger partial charge in [0.05, 0.1) is 11.6 Å². The van der Waals surface area contributed by atoms with Crippen LogP contribution in [-0.4, -0.2) is 29.9 Å². The van der Waals surface area contributed by atoms with Gasteiger partial charge in [0, 0.05) is 34.9 Å². The fourth-order valence-corrected chi connectivity index (χ4v) is 5.12. The van der Waals surface area contributed by atoms with Crippen molar-refractivity contribution in [2.24, 2.45) is 0 Å². The van der Waals surface area contributed by atoms with E-state index in [1.165, 1.54) is 11.3 Å². The topological polar surface area (TPSA) is 74.3 Å². The van der Waals surface area contributed by atoms with Crippen LogP contribution in [0.15, 0.2) is 48.5 Å². The van der Waals surface area contributed by atoms with Crippen molar-refractivity contribution in [2.45, 2.75) is 39.5 Å². The van der Waals surface area contributed by atoms with Crippen LogP contribution in [0.3, 0.4) is 0 Å². The summed E-state index contributed by atoms with van der Waals surface area (Å²) in [6.07, 6.45) is 1.54. The fraction of sp³-hybridized carbons (Fsp3) is 0.320. The Labute approximate surface area is 192 Å². The molecule has 0 saturated carbocycles. The number of hydrogen-bond donors (Lipinski definition) is 2. The molecule has 2 aromatic carbocycles. The van der Waals surface area contributed by atoms with Crippen molar-refractivity contribution >= 4 is 39.7 Å². The zero-order valence-electron chi connectivity index (χ0n) is 18.6. The molecule has 1 unspecified atom stereocenters. The molecular weight excluding hydrogens is 420 g/mol. The van der Waals surface area contributed by atoms with Gasteiger partial charge in [-0.1, -0.05) is 18.2 Å². The van der Waals surface area contributed by atoms with Gasteiger partial charge in [-0.25, -0.2) is 4.98 Å². The molecule has 0 saturated heterocycles. The van der Waals surface area contributed by atoms with E-state index in [-0.39, 0.29) is 17.7 Å². The van der Waals surface area contributed by atoms with E-state index in [2.05, 4.69) is 46.5 Å². The van der Waals surface area contributed by atoms with Gasteiger partial charge in [0.1, 0.15) is 0 Å². The Kier molecular flexibility index (Phi) is 6.55. The highest BCUT2D eigenvalue weighted by Crippen LogP contribution is 2.39. The summed E-state index contributed by atoms with van der Waals surface area (Å²) in [7, 11) is 0. The number of carbonyl (C=O) groups excluding carboxylic acids is 2. The van der Waals surface area contributed by atoms with E-state index in [0.717, 1.165) is 53.4 Å². The Morgan fingerprint density at radius 2 is 1.84 bits per heavy atom. The van der Waals surface area contributed by atoms with Crippen LogP contribution >= 0.6 is 11.3 Å². The van der Waals surface area contributed by atoms with Gasteiger partial charge >= 0.3 is 0 Å². The van der Waals surface area contributed by atoms with Gasteiger partial charge in [-0.05, 0) is 69.5 Å². The number of carbonyl (C=O) groups is 2. The zero-order valence-corrected chi connectivity index (χ0v) is 19.5. The molecule has 3 aromatic rings. The summed E-state index contributed by atoms with van der Waals surface area (Å²) in [5, 5.41) is 6.50. The van der Waals surface area contributed by atoms with Crippen LogP contribution in [0.1, 0.15) is 52.7 Å². The molecule has 2 N–H and O–H groups in total. The summed E-state index contributed by atoms with van der Waals surface area (Å²) in [6, 6.07) is 15.2. The van der Waals surface area contributed by atoms with Gasteiger partial charge in [-0.2, -0.15) is 0 Å². The second-order valence-electron chi connectivity index (χ2n) is 7.90. The van der Waals surface area contributed by atoms with Gasteiger partial charge < -0.3 is 10.2 Å². The van der Waals surface area contributed by atoms with Crippen LogP contribution in [-0.2, 0) is 11.2 Å². The molecule has 1 aromatic heterocycles. The summed E-state index contributed by atoms with van der Waals surface area (Å²) in [5.74, 6) is -0.540. The number of nitrogens with zero attached hydrogens (tertiary/aromatic N) is 2. The number of hydrogen-bond acceptors (Lipinski definition) is 5. The number of anilines is 3. The third kappa shape index (κ3) is 4.53. The smallest absolute Gasteiger partial charge is 0.257 e.